The van der Waals surface area contributed by atoms with Gasteiger partial charge in [-0.25, -0.2) is 0 Å². The van der Waals surface area contributed by atoms with Crippen molar-refractivity contribution in [3.63, 3.8) is 0 Å². The zero-order valence-corrected chi connectivity index (χ0v) is 7.83. The SMILES string of the molecule is N.O=C(O)CCC(=O)O.[H-].[Na+]. The molecule has 0 saturated heterocycles. The van der Waals surface area contributed by atoms with Gasteiger partial charge in [-0.2, -0.15) is 0 Å². The van der Waals surface area contributed by atoms with Crippen molar-refractivity contribution in [3.05, 3.63) is 0 Å². The minimum atomic E-state index is -1.08. The Morgan fingerprint density at radius 3 is 1.40 bits per heavy atom. The van der Waals surface area contributed by atoms with Crippen molar-refractivity contribution >= 4 is 11.9 Å². The summed E-state index contributed by atoms with van der Waals surface area (Å²) in [5, 5.41) is 15.8. The fourth-order valence-corrected chi connectivity index (χ4v) is 0.214. The Labute approximate surface area is 81.8 Å². The van der Waals surface area contributed by atoms with Crippen LogP contribution in [0, 0.1) is 0 Å². The average molecular weight is 159 g/mol. The number of hydrogen-bond acceptors (Lipinski definition) is 3. The second kappa shape index (κ2) is 8.90. The Balaban J connectivity index is -0.0000000817. The summed E-state index contributed by atoms with van der Waals surface area (Å²) in [6.07, 6.45) is -0.593. The van der Waals surface area contributed by atoms with E-state index in [0.717, 1.165) is 0 Å². The maximum atomic E-state index is 9.64. The normalized spacial score (nSPS) is 6.80. The minimum Gasteiger partial charge on any atom is -1.00 e. The van der Waals surface area contributed by atoms with Crippen molar-refractivity contribution in [3.8, 4) is 0 Å². The van der Waals surface area contributed by atoms with Crippen LogP contribution in [-0.4, -0.2) is 22.2 Å². The number of carboxylic acids is 2. The third-order valence-electron chi connectivity index (χ3n) is 0.553. The summed E-state index contributed by atoms with van der Waals surface area (Å²) in [6, 6.07) is 0. The predicted molar refractivity (Wildman–Crippen MR) is 30.6 cm³/mol. The molecule has 0 atom stereocenters. The van der Waals surface area contributed by atoms with Crippen LogP contribution in [0.1, 0.15) is 14.3 Å². The summed E-state index contributed by atoms with van der Waals surface area (Å²) < 4.78 is 0. The molecule has 0 radical (unpaired) electrons. The number of hydrogen-bond donors (Lipinski definition) is 3. The summed E-state index contributed by atoms with van der Waals surface area (Å²) in [5.74, 6) is -2.15. The molecule has 0 fully saturated rings. The Hall–Kier alpha value is -0.100. The number of aliphatic carboxylic acids is 2. The molecule has 0 aliphatic heterocycles. The molecule has 0 aromatic heterocycles. The zero-order chi connectivity index (χ0) is 6.57. The average Bonchev–Trinajstić information content (AvgIpc) is 1.61. The van der Waals surface area contributed by atoms with Crippen LogP contribution < -0.4 is 35.7 Å². The molecule has 0 bridgehead atoms. The third-order valence-corrected chi connectivity index (χ3v) is 0.553. The summed E-state index contributed by atoms with van der Waals surface area (Å²) >= 11 is 0. The molecule has 0 aromatic rings. The second-order valence-electron chi connectivity index (χ2n) is 1.29. The first-order chi connectivity index (χ1) is 3.63. The van der Waals surface area contributed by atoms with Crippen LogP contribution in [-0.2, 0) is 9.59 Å². The van der Waals surface area contributed by atoms with Crippen molar-refractivity contribution in [1.82, 2.24) is 6.15 Å². The molecule has 0 unspecified atom stereocenters. The first-order valence-corrected chi connectivity index (χ1v) is 2.06. The number of carbonyl (C=O) groups is 2. The van der Waals surface area contributed by atoms with Crippen molar-refractivity contribution in [2.45, 2.75) is 12.8 Å². The van der Waals surface area contributed by atoms with Crippen molar-refractivity contribution < 1.29 is 50.8 Å². The van der Waals surface area contributed by atoms with Gasteiger partial charge in [-0.15, -0.1) is 0 Å². The van der Waals surface area contributed by atoms with E-state index in [1.165, 1.54) is 0 Å². The Bertz CT molecular complexity index is 107. The van der Waals surface area contributed by atoms with Crippen LogP contribution in [0.15, 0.2) is 0 Å². The predicted octanol–water partition coefficient (Wildman–Crippen LogP) is -2.79. The quantitative estimate of drug-likeness (QED) is 0.386. The van der Waals surface area contributed by atoms with E-state index in [1.807, 2.05) is 0 Å². The van der Waals surface area contributed by atoms with Gasteiger partial charge in [0.1, 0.15) is 0 Å². The van der Waals surface area contributed by atoms with E-state index in [4.69, 9.17) is 10.2 Å². The fraction of sp³-hybridized carbons (Fsp3) is 0.500. The largest absolute Gasteiger partial charge is 1.00 e. The van der Waals surface area contributed by atoms with Gasteiger partial charge in [0, 0.05) is 0 Å². The van der Waals surface area contributed by atoms with Crippen LogP contribution in [0.5, 0.6) is 0 Å². The van der Waals surface area contributed by atoms with Gasteiger partial charge in [0.25, 0.3) is 0 Å². The maximum absolute atomic E-state index is 9.64. The summed E-state index contributed by atoms with van der Waals surface area (Å²) in [4.78, 5) is 19.3. The monoisotopic (exact) mass is 159 g/mol. The van der Waals surface area contributed by atoms with Crippen LogP contribution in [0.4, 0.5) is 0 Å². The molecule has 0 rings (SSSR count). The molecule has 0 aliphatic rings. The standard InChI is InChI=1S/C4H6O4.H3N.Na.H/c5-3(6)1-2-4(7)8;;;/h1-2H2,(H,5,6)(H,7,8);1H3;;/q;;+1;-1. The molecular weight excluding hydrogens is 149 g/mol. The first-order valence-electron chi connectivity index (χ1n) is 2.06. The molecule has 0 spiro atoms. The molecule has 0 aliphatic carbocycles. The molecule has 56 valence electrons. The van der Waals surface area contributed by atoms with Gasteiger partial charge in [-0.1, -0.05) is 0 Å². The van der Waals surface area contributed by atoms with Gasteiger partial charge < -0.3 is 17.8 Å². The van der Waals surface area contributed by atoms with E-state index in [0.29, 0.717) is 0 Å². The van der Waals surface area contributed by atoms with E-state index in [2.05, 4.69) is 0 Å². The van der Waals surface area contributed by atoms with Crippen molar-refractivity contribution in [2.24, 2.45) is 0 Å². The Kier molecular flexibility index (Phi) is 14.7. The second-order valence-corrected chi connectivity index (χ2v) is 1.29. The fourth-order valence-electron chi connectivity index (χ4n) is 0.214. The van der Waals surface area contributed by atoms with Gasteiger partial charge >= 0.3 is 41.5 Å². The van der Waals surface area contributed by atoms with E-state index < -0.39 is 11.9 Å². The van der Waals surface area contributed by atoms with Gasteiger partial charge in [0.05, 0.1) is 12.8 Å². The van der Waals surface area contributed by atoms with E-state index in [-0.39, 0.29) is 50.0 Å². The molecule has 0 heterocycles. The topological polar surface area (TPSA) is 110 Å². The smallest absolute Gasteiger partial charge is 1.00 e. The first kappa shape index (κ1) is 16.5. The molecule has 0 amide bonds. The molecule has 6 heteroatoms. The molecule has 10 heavy (non-hydrogen) atoms. The van der Waals surface area contributed by atoms with Crippen LogP contribution in [0.2, 0.25) is 0 Å². The molecule has 5 nitrogen and oxygen atoms in total. The van der Waals surface area contributed by atoms with Gasteiger partial charge in [0.15, 0.2) is 0 Å². The van der Waals surface area contributed by atoms with Crippen molar-refractivity contribution in [1.29, 1.82) is 0 Å². The van der Waals surface area contributed by atoms with Crippen LogP contribution in [0.3, 0.4) is 0 Å². The Morgan fingerprint density at radius 1 is 1.10 bits per heavy atom. The zero-order valence-electron chi connectivity index (χ0n) is 6.83. The van der Waals surface area contributed by atoms with E-state index in [1.54, 1.807) is 0 Å². The number of rotatable bonds is 3. The maximum Gasteiger partial charge on any atom is 1.00 e. The summed E-state index contributed by atoms with van der Waals surface area (Å²) in [5.41, 5.74) is 0. The van der Waals surface area contributed by atoms with E-state index >= 15 is 0 Å². The Morgan fingerprint density at radius 2 is 1.30 bits per heavy atom. The molecule has 5 N–H and O–H groups in total. The van der Waals surface area contributed by atoms with Crippen LogP contribution >= 0.6 is 0 Å². The summed E-state index contributed by atoms with van der Waals surface area (Å²) in [6.45, 7) is 0. The minimum absolute atomic E-state index is 0. The molecular formula is C4H10NNaO4. The van der Waals surface area contributed by atoms with Gasteiger partial charge in [-0.05, 0) is 0 Å². The molecule has 0 saturated carbocycles. The van der Waals surface area contributed by atoms with Gasteiger partial charge in [-0.3, -0.25) is 9.59 Å². The number of carboxylic acid groups (broad SMARTS) is 2. The third kappa shape index (κ3) is 15.7. The van der Waals surface area contributed by atoms with Crippen molar-refractivity contribution in [2.75, 3.05) is 0 Å². The van der Waals surface area contributed by atoms with E-state index in [9.17, 15) is 9.59 Å². The molecule has 0 aromatic carbocycles. The van der Waals surface area contributed by atoms with Crippen LogP contribution in [0.25, 0.3) is 0 Å². The summed E-state index contributed by atoms with van der Waals surface area (Å²) in [7, 11) is 0. The van der Waals surface area contributed by atoms with Gasteiger partial charge in [0.2, 0.25) is 0 Å².